The van der Waals surface area contributed by atoms with Gasteiger partial charge in [0.2, 0.25) is 0 Å². The predicted octanol–water partition coefficient (Wildman–Crippen LogP) is 0.891. The summed E-state index contributed by atoms with van der Waals surface area (Å²) in [5, 5.41) is 12.7. The lowest BCUT2D eigenvalue weighted by molar-refractivity contribution is 0.0696. The molecule has 2 aromatic heterocycles. The summed E-state index contributed by atoms with van der Waals surface area (Å²) in [4.78, 5) is 22.1. The summed E-state index contributed by atoms with van der Waals surface area (Å²) in [6.45, 7) is 1.88. The summed E-state index contributed by atoms with van der Waals surface area (Å²) in [6.07, 6.45) is 1.14. The standard InChI is InChI=1S/C11H10N2O4/c1-7-2-3-10(14)13(12-7)5-9-4-8(6-17-9)11(15)16/h2-4,6H,5H2,1H3,(H,15,16). The third-order valence-corrected chi connectivity index (χ3v) is 2.21. The topological polar surface area (TPSA) is 85.3 Å². The number of carbonyl (C=O) groups is 1. The van der Waals surface area contributed by atoms with Crippen molar-refractivity contribution in [3.63, 3.8) is 0 Å². The van der Waals surface area contributed by atoms with Gasteiger partial charge in [0.05, 0.1) is 11.3 Å². The zero-order valence-electron chi connectivity index (χ0n) is 9.08. The minimum Gasteiger partial charge on any atom is -0.478 e. The van der Waals surface area contributed by atoms with E-state index < -0.39 is 5.97 Å². The van der Waals surface area contributed by atoms with Crippen molar-refractivity contribution in [3.05, 3.63) is 51.8 Å². The van der Waals surface area contributed by atoms with Crippen LogP contribution in [0.5, 0.6) is 0 Å². The van der Waals surface area contributed by atoms with E-state index in [-0.39, 0.29) is 17.7 Å². The number of hydrogen-bond donors (Lipinski definition) is 1. The van der Waals surface area contributed by atoms with Gasteiger partial charge in [0.15, 0.2) is 0 Å². The Kier molecular flexibility index (Phi) is 2.78. The summed E-state index contributed by atoms with van der Waals surface area (Å²) in [6, 6.07) is 4.39. The van der Waals surface area contributed by atoms with Crippen molar-refractivity contribution in [1.82, 2.24) is 9.78 Å². The number of hydrogen-bond acceptors (Lipinski definition) is 4. The number of aromatic nitrogens is 2. The molecule has 0 saturated heterocycles. The van der Waals surface area contributed by atoms with Crippen LogP contribution in [0.25, 0.3) is 0 Å². The molecule has 0 aromatic carbocycles. The summed E-state index contributed by atoms with van der Waals surface area (Å²) < 4.78 is 6.27. The van der Waals surface area contributed by atoms with Crippen LogP contribution in [-0.2, 0) is 6.54 Å². The van der Waals surface area contributed by atoms with Crippen molar-refractivity contribution >= 4 is 5.97 Å². The minimum absolute atomic E-state index is 0.0562. The summed E-state index contributed by atoms with van der Waals surface area (Å²) in [7, 11) is 0. The fraction of sp³-hybridized carbons (Fsp3) is 0.182. The van der Waals surface area contributed by atoms with Crippen LogP contribution in [0.2, 0.25) is 0 Å². The van der Waals surface area contributed by atoms with E-state index in [4.69, 9.17) is 9.52 Å². The molecular weight excluding hydrogens is 224 g/mol. The Morgan fingerprint density at radius 1 is 1.53 bits per heavy atom. The Bertz CT molecular complexity index is 612. The van der Waals surface area contributed by atoms with Gasteiger partial charge in [-0.25, -0.2) is 9.48 Å². The highest BCUT2D eigenvalue weighted by atomic mass is 16.4. The van der Waals surface area contributed by atoms with Gasteiger partial charge in [0.25, 0.3) is 5.56 Å². The molecule has 0 aliphatic rings. The monoisotopic (exact) mass is 234 g/mol. The van der Waals surface area contributed by atoms with Crippen molar-refractivity contribution < 1.29 is 14.3 Å². The lowest BCUT2D eigenvalue weighted by Crippen LogP contribution is -2.22. The van der Waals surface area contributed by atoms with Crippen LogP contribution in [0, 0.1) is 6.92 Å². The number of aromatic carboxylic acids is 1. The molecule has 0 saturated carbocycles. The quantitative estimate of drug-likeness (QED) is 0.852. The van der Waals surface area contributed by atoms with E-state index in [1.165, 1.54) is 16.8 Å². The first kappa shape index (κ1) is 11.1. The van der Waals surface area contributed by atoms with Gasteiger partial charge in [0, 0.05) is 6.07 Å². The molecule has 1 N–H and O–H groups in total. The van der Waals surface area contributed by atoms with Crippen molar-refractivity contribution in [2.24, 2.45) is 0 Å². The number of furan rings is 1. The van der Waals surface area contributed by atoms with Gasteiger partial charge in [-0.15, -0.1) is 0 Å². The van der Waals surface area contributed by atoms with Crippen molar-refractivity contribution in [1.29, 1.82) is 0 Å². The van der Waals surface area contributed by atoms with Crippen molar-refractivity contribution in [2.45, 2.75) is 13.5 Å². The smallest absolute Gasteiger partial charge is 0.338 e. The molecule has 0 amide bonds. The zero-order chi connectivity index (χ0) is 12.4. The highest BCUT2D eigenvalue weighted by Gasteiger charge is 2.09. The maximum Gasteiger partial charge on any atom is 0.338 e. The SMILES string of the molecule is Cc1ccc(=O)n(Cc2cc(C(=O)O)co2)n1. The molecule has 0 radical (unpaired) electrons. The molecule has 0 atom stereocenters. The van der Waals surface area contributed by atoms with Crippen LogP contribution in [-0.4, -0.2) is 20.9 Å². The maximum atomic E-state index is 11.5. The lowest BCUT2D eigenvalue weighted by Gasteiger charge is -2.01. The molecule has 0 spiro atoms. The second-order valence-corrected chi connectivity index (χ2v) is 3.58. The molecule has 2 aromatic rings. The third-order valence-electron chi connectivity index (χ3n) is 2.21. The van der Waals surface area contributed by atoms with Gasteiger partial charge in [-0.1, -0.05) is 0 Å². The first-order valence-corrected chi connectivity index (χ1v) is 4.92. The molecule has 2 rings (SSSR count). The average molecular weight is 234 g/mol. The van der Waals surface area contributed by atoms with Crippen LogP contribution in [0.15, 0.2) is 33.7 Å². The van der Waals surface area contributed by atoms with Gasteiger partial charge in [0.1, 0.15) is 18.6 Å². The van der Waals surface area contributed by atoms with Crippen LogP contribution >= 0.6 is 0 Å². The molecule has 88 valence electrons. The minimum atomic E-state index is -1.07. The fourth-order valence-corrected chi connectivity index (χ4v) is 1.39. The van der Waals surface area contributed by atoms with Crippen LogP contribution < -0.4 is 5.56 Å². The molecule has 0 aliphatic carbocycles. The molecule has 0 unspecified atom stereocenters. The van der Waals surface area contributed by atoms with Gasteiger partial charge >= 0.3 is 5.97 Å². The van der Waals surface area contributed by atoms with E-state index in [0.29, 0.717) is 11.5 Å². The van der Waals surface area contributed by atoms with Crippen molar-refractivity contribution in [3.8, 4) is 0 Å². The number of rotatable bonds is 3. The van der Waals surface area contributed by atoms with E-state index in [9.17, 15) is 9.59 Å². The molecule has 6 heteroatoms. The lowest BCUT2D eigenvalue weighted by atomic mass is 10.3. The van der Waals surface area contributed by atoms with E-state index in [1.807, 2.05) is 0 Å². The second-order valence-electron chi connectivity index (χ2n) is 3.58. The van der Waals surface area contributed by atoms with E-state index in [0.717, 1.165) is 6.26 Å². The largest absolute Gasteiger partial charge is 0.478 e. The number of aryl methyl sites for hydroxylation is 1. The Hall–Kier alpha value is -2.37. The fourth-order valence-electron chi connectivity index (χ4n) is 1.39. The molecule has 17 heavy (non-hydrogen) atoms. The molecule has 2 heterocycles. The van der Waals surface area contributed by atoms with Crippen LogP contribution in [0.1, 0.15) is 21.8 Å². The van der Waals surface area contributed by atoms with E-state index >= 15 is 0 Å². The molecule has 6 nitrogen and oxygen atoms in total. The van der Waals surface area contributed by atoms with Crippen molar-refractivity contribution in [2.75, 3.05) is 0 Å². The predicted molar refractivity (Wildman–Crippen MR) is 58.0 cm³/mol. The van der Waals surface area contributed by atoms with Gasteiger partial charge in [-0.3, -0.25) is 4.79 Å². The number of carboxylic acids is 1. The highest BCUT2D eigenvalue weighted by molar-refractivity contribution is 5.87. The second kappa shape index (κ2) is 4.25. The first-order valence-electron chi connectivity index (χ1n) is 4.92. The molecule has 0 fully saturated rings. The zero-order valence-corrected chi connectivity index (χ0v) is 9.08. The normalized spacial score (nSPS) is 10.4. The molecular formula is C11H10N2O4. The summed E-state index contributed by atoms with van der Waals surface area (Å²) in [5.41, 5.74) is 0.499. The third kappa shape index (κ3) is 2.41. The van der Waals surface area contributed by atoms with E-state index in [1.54, 1.807) is 13.0 Å². The average Bonchev–Trinajstić information content (AvgIpc) is 2.72. The molecule has 0 bridgehead atoms. The maximum absolute atomic E-state index is 11.5. The number of nitrogens with zero attached hydrogens (tertiary/aromatic N) is 2. The number of carboxylic acid groups (broad SMARTS) is 1. The highest BCUT2D eigenvalue weighted by Crippen LogP contribution is 2.08. The van der Waals surface area contributed by atoms with Crippen LogP contribution in [0.4, 0.5) is 0 Å². The first-order chi connectivity index (χ1) is 8.06. The Labute approximate surface area is 96.1 Å². The van der Waals surface area contributed by atoms with Gasteiger partial charge < -0.3 is 9.52 Å². The van der Waals surface area contributed by atoms with Gasteiger partial charge in [-0.05, 0) is 19.1 Å². The summed E-state index contributed by atoms with van der Waals surface area (Å²) >= 11 is 0. The molecule has 0 aliphatic heterocycles. The van der Waals surface area contributed by atoms with E-state index in [2.05, 4.69) is 5.10 Å². The van der Waals surface area contributed by atoms with Gasteiger partial charge in [-0.2, -0.15) is 5.10 Å². The Morgan fingerprint density at radius 3 is 2.94 bits per heavy atom. The Morgan fingerprint density at radius 2 is 2.29 bits per heavy atom. The van der Waals surface area contributed by atoms with Crippen LogP contribution in [0.3, 0.4) is 0 Å². The summed E-state index contributed by atoms with van der Waals surface area (Å²) in [5.74, 6) is -0.688. The Balaban J connectivity index is 2.28.